The lowest BCUT2D eigenvalue weighted by Crippen LogP contribution is -2.26. The predicted molar refractivity (Wildman–Crippen MR) is 48.2 cm³/mol. The number of rotatable bonds is 1. The maximum atomic E-state index is 5.88. The molecule has 0 aliphatic heterocycles. The highest BCUT2D eigenvalue weighted by Crippen LogP contribution is 2.30. The molecule has 13 heavy (non-hydrogen) atoms. The fourth-order valence-electron chi connectivity index (χ4n) is 1.93. The molecule has 2 rings (SSSR count). The Labute approximate surface area is 77.5 Å². The molecule has 2 atom stereocenters. The van der Waals surface area contributed by atoms with Gasteiger partial charge in [0.05, 0.1) is 0 Å². The molecule has 1 aromatic heterocycles. The second-order valence-electron chi connectivity index (χ2n) is 3.80. The predicted octanol–water partition coefficient (Wildman–Crippen LogP) is 1.36. The summed E-state index contributed by atoms with van der Waals surface area (Å²) in [5.41, 5.74) is 5.88. The summed E-state index contributed by atoms with van der Waals surface area (Å²) < 4.78 is 5.14. The van der Waals surface area contributed by atoms with Crippen LogP contribution >= 0.6 is 0 Å². The van der Waals surface area contributed by atoms with E-state index in [-0.39, 0.29) is 0 Å². The Bertz CT molecular complexity index is 284. The molecule has 0 bridgehead atoms. The second kappa shape index (κ2) is 3.46. The van der Waals surface area contributed by atoms with Crippen LogP contribution in [0.25, 0.3) is 0 Å². The van der Waals surface area contributed by atoms with Crippen LogP contribution in [0.2, 0.25) is 0 Å². The van der Waals surface area contributed by atoms with Crippen molar-refractivity contribution in [2.24, 2.45) is 5.73 Å². The highest BCUT2D eigenvalue weighted by Gasteiger charge is 2.24. The molecular formula is C9H15N3O. The van der Waals surface area contributed by atoms with Gasteiger partial charge in [-0.05, 0) is 26.2 Å². The lowest BCUT2D eigenvalue weighted by molar-refractivity contribution is 0.298. The number of hydrogen-bond donors (Lipinski definition) is 1. The van der Waals surface area contributed by atoms with E-state index in [1.54, 1.807) is 0 Å². The van der Waals surface area contributed by atoms with Gasteiger partial charge in [0.25, 0.3) is 0 Å². The van der Waals surface area contributed by atoms with Gasteiger partial charge in [0, 0.05) is 12.0 Å². The number of nitrogens with two attached hydrogens (primary N) is 1. The van der Waals surface area contributed by atoms with E-state index in [1.807, 2.05) is 6.92 Å². The van der Waals surface area contributed by atoms with E-state index in [4.69, 9.17) is 10.3 Å². The Kier molecular flexibility index (Phi) is 2.31. The topological polar surface area (TPSA) is 64.9 Å². The quantitative estimate of drug-likeness (QED) is 0.710. The first-order valence-electron chi connectivity index (χ1n) is 4.81. The maximum Gasteiger partial charge on any atom is 0.229 e. The molecule has 1 saturated carbocycles. The molecule has 72 valence electrons. The average molecular weight is 181 g/mol. The lowest BCUT2D eigenvalue weighted by atomic mass is 9.86. The largest absolute Gasteiger partial charge is 0.339 e. The van der Waals surface area contributed by atoms with Gasteiger partial charge in [-0.2, -0.15) is 4.98 Å². The normalized spacial score (nSPS) is 29.1. The minimum absolute atomic E-state index is 0.311. The smallest absolute Gasteiger partial charge is 0.229 e. The van der Waals surface area contributed by atoms with Crippen molar-refractivity contribution in [3.63, 3.8) is 0 Å². The summed E-state index contributed by atoms with van der Waals surface area (Å²) in [7, 11) is 0. The van der Waals surface area contributed by atoms with E-state index < -0.39 is 0 Å². The van der Waals surface area contributed by atoms with E-state index in [9.17, 15) is 0 Å². The summed E-state index contributed by atoms with van der Waals surface area (Å²) in [4.78, 5) is 4.24. The summed E-state index contributed by atoms with van der Waals surface area (Å²) in [6, 6.07) is 0.311. The summed E-state index contributed by atoms with van der Waals surface area (Å²) in [6.45, 7) is 1.84. The van der Waals surface area contributed by atoms with Gasteiger partial charge in [0.1, 0.15) is 0 Å². The van der Waals surface area contributed by atoms with Crippen LogP contribution in [0.15, 0.2) is 4.52 Å². The van der Waals surface area contributed by atoms with Crippen LogP contribution in [-0.2, 0) is 0 Å². The van der Waals surface area contributed by atoms with Gasteiger partial charge in [0.2, 0.25) is 5.89 Å². The summed E-state index contributed by atoms with van der Waals surface area (Å²) in [5.74, 6) is 1.88. The van der Waals surface area contributed by atoms with E-state index in [2.05, 4.69) is 10.1 Å². The molecule has 0 aromatic carbocycles. The van der Waals surface area contributed by atoms with Gasteiger partial charge in [-0.15, -0.1) is 0 Å². The van der Waals surface area contributed by atoms with Crippen molar-refractivity contribution in [3.05, 3.63) is 11.7 Å². The first kappa shape index (κ1) is 8.69. The molecule has 1 unspecified atom stereocenters. The number of aromatic nitrogens is 2. The molecule has 2 N–H and O–H groups in total. The van der Waals surface area contributed by atoms with Crippen molar-refractivity contribution in [1.29, 1.82) is 0 Å². The number of hydrogen-bond acceptors (Lipinski definition) is 4. The van der Waals surface area contributed by atoms with Crippen molar-refractivity contribution in [1.82, 2.24) is 10.1 Å². The standard InChI is InChI=1S/C9H15N3O/c1-6-11-9(13-12-6)7-3-2-4-8(10)5-7/h7-8H,2-5,10H2,1H3/t7-,8?/m1/s1. The minimum atomic E-state index is 0.311. The van der Waals surface area contributed by atoms with Crippen molar-refractivity contribution >= 4 is 0 Å². The van der Waals surface area contributed by atoms with Gasteiger partial charge < -0.3 is 10.3 Å². The van der Waals surface area contributed by atoms with Crippen LogP contribution in [0, 0.1) is 6.92 Å². The fourth-order valence-corrected chi connectivity index (χ4v) is 1.93. The third-order valence-electron chi connectivity index (χ3n) is 2.61. The second-order valence-corrected chi connectivity index (χ2v) is 3.80. The molecule has 0 spiro atoms. The zero-order valence-electron chi connectivity index (χ0n) is 7.86. The van der Waals surface area contributed by atoms with Crippen LogP contribution < -0.4 is 5.73 Å². The molecule has 1 aromatic rings. The van der Waals surface area contributed by atoms with Crippen LogP contribution in [0.3, 0.4) is 0 Å². The van der Waals surface area contributed by atoms with E-state index in [0.29, 0.717) is 17.8 Å². The van der Waals surface area contributed by atoms with Crippen molar-refractivity contribution in [3.8, 4) is 0 Å². The molecule has 1 aliphatic rings. The van der Waals surface area contributed by atoms with Crippen LogP contribution in [0.5, 0.6) is 0 Å². The molecule has 1 heterocycles. The van der Waals surface area contributed by atoms with E-state index in [0.717, 1.165) is 25.2 Å². The van der Waals surface area contributed by atoms with Crippen molar-refractivity contribution in [2.75, 3.05) is 0 Å². The molecular weight excluding hydrogens is 166 g/mol. The summed E-state index contributed by atoms with van der Waals surface area (Å²) in [5, 5.41) is 3.79. The Hall–Kier alpha value is -0.900. The highest BCUT2D eigenvalue weighted by atomic mass is 16.5. The highest BCUT2D eigenvalue weighted by molar-refractivity contribution is 4.96. The zero-order valence-corrected chi connectivity index (χ0v) is 7.86. The summed E-state index contributed by atoms with van der Waals surface area (Å²) >= 11 is 0. The molecule has 4 heteroatoms. The maximum absolute atomic E-state index is 5.88. The zero-order chi connectivity index (χ0) is 9.26. The third kappa shape index (κ3) is 1.88. The first-order chi connectivity index (χ1) is 6.25. The van der Waals surface area contributed by atoms with E-state index >= 15 is 0 Å². The van der Waals surface area contributed by atoms with Crippen LogP contribution in [0.1, 0.15) is 43.3 Å². The Morgan fingerprint density at radius 2 is 2.31 bits per heavy atom. The van der Waals surface area contributed by atoms with Crippen LogP contribution in [0.4, 0.5) is 0 Å². The van der Waals surface area contributed by atoms with Crippen molar-refractivity contribution in [2.45, 2.75) is 44.6 Å². The molecule has 4 nitrogen and oxygen atoms in total. The SMILES string of the molecule is Cc1noc([C@@H]2CCCC(N)C2)n1. The number of aryl methyl sites for hydroxylation is 1. The summed E-state index contributed by atoms with van der Waals surface area (Å²) in [6.07, 6.45) is 4.42. The van der Waals surface area contributed by atoms with Gasteiger partial charge in [-0.3, -0.25) is 0 Å². The lowest BCUT2D eigenvalue weighted by Gasteiger charge is -2.23. The molecule has 0 saturated heterocycles. The van der Waals surface area contributed by atoms with Gasteiger partial charge in [-0.1, -0.05) is 11.6 Å². The number of nitrogens with zero attached hydrogens (tertiary/aromatic N) is 2. The Morgan fingerprint density at radius 3 is 2.92 bits per heavy atom. The minimum Gasteiger partial charge on any atom is -0.339 e. The molecule has 1 fully saturated rings. The molecule has 1 aliphatic carbocycles. The Balaban J connectivity index is 2.08. The third-order valence-corrected chi connectivity index (χ3v) is 2.61. The monoisotopic (exact) mass is 181 g/mol. The van der Waals surface area contributed by atoms with Gasteiger partial charge >= 0.3 is 0 Å². The Morgan fingerprint density at radius 1 is 1.46 bits per heavy atom. The van der Waals surface area contributed by atoms with Crippen LogP contribution in [-0.4, -0.2) is 16.2 Å². The van der Waals surface area contributed by atoms with Gasteiger partial charge in [-0.25, -0.2) is 0 Å². The average Bonchev–Trinajstić information content (AvgIpc) is 2.52. The molecule has 0 amide bonds. The molecule has 0 radical (unpaired) electrons. The van der Waals surface area contributed by atoms with E-state index in [1.165, 1.54) is 6.42 Å². The van der Waals surface area contributed by atoms with Gasteiger partial charge in [0.15, 0.2) is 5.82 Å². The first-order valence-corrected chi connectivity index (χ1v) is 4.81. The van der Waals surface area contributed by atoms with Crippen molar-refractivity contribution < 1.29 is 4.52 Å². The fraction of sp³-hybridized carbons (Fsp3) is 0.778.